The smallest absolute Gasteiger partial charge is 0.0630 e. The maximum atomic E-state index is 8.34. The van der Waals surface area contributed by atoms with Gasteiger partial charge in [-0.1, -0.05) is 23.2 Å². The van der Waals surface area contributed by atoms with Crippen LogP contribution < -0.4 is 0 Å². The zero-order valence-corrected chi connectivity index (χ0v) is 9.09. The minimum atomic E-state index is 0.531. The van der Waals surface area contributed by atoms with Crippen molar-refractivity contribution in [2.24, 2.45) is 0 Å². The number of rotatable bonds is 3. The van der Waals surface area contributed by atoms with Crippen LogP contribution in [0.2, 0.25) is 10.0 Å². The first-order chi connectivity index (χ1) is 6.24. The van der Waals surface area contributed by atoms with E-state index in [1.807, 2.05) is 6.07 Å². The molecule has 0 unspecified atom stereocenters. The maximum absolute atomic E-state index is 8.34. The number of hydrogen-bond donors (Lipinski definition) is 0. The predicted molar refractivity (Wildman–Crippen MR) is 57.4 cm³/mol. The highest BCUT2D eigenvalue weighted by Crippen LogP contribution is 2.29. The number of benzene rings is 1. The standard InChI is InChI=1S/C9H7Cl2NS/c10-7-2-3-9(8(11)6-7)13-5-1-4-12/h2-3,6H,1,5H2. The fourth-order valence-corrected chi connectivity index (χ4v) is 2.15. The lowest BCUT2D eigenvalue weighted by Crippen LogP contribution is -1.78. The van der Waals surface area contributed by atoms with Crippen LogP contribution in [0.25, 0.3) is 0 Å². The number of nitrogens with zero attached hydrogens (tertiary/aromatic N) is 1. The molecule has 0 saturated heterocycles. The molecule has 0 saturated carbocycles. The van der Waals surface area contributed by atoms with Gasteiger partial charge >= 0.3 is 0 Å². The Bertz CT molecular complexity index is 333. The van der Waals surface area contributed by atoms with Crippen LogP contribution in [0.5, 0.6) is 0 Å². The summed E-state index contributed by atoms with van der Waals surface area (Å²) < 4.78 is 0. The van der Waals surface area contributed by atoms with Crippen molar-refractivity contribution in [2.45, 2.75) is 11.3 Å². The SMILES string of the molecule is N#CCCSc1ccc(Cl)cc1Cl. The summed E-state index contributed by atoms with van der Waals surface area (Å²) in [6.07, 6.45) is 0.531. The fraction of sp³-hybridized carbons (Fsp3) is 0.222. The molecule has 0 aliphatic carbocycles. The van der Waals surface area contributed by atoms with Gasteiger partial charge < -0.3 is 0 Å². The molecule has 0 aliphatic rings. The second-order valence-electron chi connectivity index (χ2n) is 2.33. The Morgan fingerprint density at radius 3 is 2.77 bits per heavy atom. The third kappa shape index (κ3) is 3.48. The van der Waals surface area contributed by atoms with Gasteiger partial charge in [0.05, 0.1) is 11.1 Å². The molecule has 1 rings (SSSR count). The molecule has 0 amide bonds. The topological polar surface area (TPSA) is 23.8 Å². The van der Waals surface area contributed by atoms with Crippen LogP contribution >= 0.6 is 35.0 Å². The minimum absolute atomic E-state index is 0.531. The van der Waals surface area contributed by atoms with Gasteiger partial charge in [0.25, 0.3) is 0 Å². The highest BCUT2D eigenvalue weighted by molar-refractivity contribution is 7.99. The Balaban J connectivity index is 2.62. The molecule has 0 aromatic heterocycles. The Hall–Kier alpha value is -0.360. The summed E-state index contributed by atoms with van der Waals surface area (Å²) >= 11 is 13.2. The third-order valence-electron chi connectivity index (χ3n) is 1.37. The number of hydrogen-bond acceptors (Lipinski definition) is 2. The molecule has 0 fully saturated rings. The summed E-state index contributed by atoms with van der Waals surface area (Å²) in [5, 5.41) is 9.62. The van der Waals surface area contributed by atoms with Crippen molar-refractivity contribution in [1.82, 2.24) is 0 Å². The van der Waals surface area contributed by atoms with Gasteiger partial charge in [-0.2, -0.15) is 5.26 Å². The van der Waals surface area contributed by atoms with Gasteiger partial charge in [-0.3, -0.25) is 0 Å². The van der Waals surface area contributed by atoms with Gasteiger partial charge in [-0.25, -0.2) is 0 Å². The molecule has 0 bridgehead atoms. The van der Waals surface area contributed by atoms with Crippen LogP contribution in [0.15, 0.2) is 23.1 Å². The lowest BCUT2D eigenvalue weighted by molar-refractivity contribution is 1.23. The molecule has 0 aliphatic heterocycles. The van der Waals surface area contributed by atoms with Crippen LogP contribution in [0.4, 0.5) is 0 Å². The predicted octanol–water partition coefficient (Wildman–Crippen LogP) is 4.00. The summed E-state index contributed by atoms with van der Waals surface area (Å²) in [4.78, 5) is 0.973. The zero-order chi connectivity index (χ0) is 9.68. The van der Waals surface area contributed by atoms with Crippen molar-refractivity contribution >= 4 is 35.0 Å². The van der Waals surface area contributed by atoms with Crippen LogP contribution in [-0.4, -0.2) is 5.75 Å². The van der Waals surface area contributed by atoms with Crippen molar-refractivity contribution in [2.75, 3.05) is 5.75 Å². The van der Waals surface area contributed by atoms with Gasteiger partial charge in [0.1, 0.15) is 0 Å². The summed E-state index contributed by atoms with van der Waals surface area (Å²) in [6, 6.07) is 7.45. The second-order valence-corrected chi connectivity index (χ2v) is 4.31. The van der Waals surface area contributed by atoms with E-state index in [2.05, 4.69) is 6.07 Å². The van der Waals surface area contributed by atoms with Gasteiger partial charge in [-0.15, -0.1) is 11.8 Å². The molecule has 1 aromatic carbocycles. The third-order valence-corrected chi connectivity index (χ3v) is 3.10. The van der Waals surface area contributed by atoms with Crippen molar-refractivity contribution in [3.63, 3.8) is 0 Å². The molecule has 68 valence electrons. The van der Waals surface area contributed by atoms with E-state index in [0.29, 0.717) is 16.5 Å². The monoisotopic (exact) mass is 231 g/mol. The highest BCUT2D eigenvalue weighted by Gasteiger charge is 2.00. The summed E-state index contributed by atoms with van der Waals surface area (Å²) in [5.74, 6) is 0.762. The van der Waals surface area contributed by atoms with Gasteiger partial charge in [0.15, 0.2) is 0 Å². The van der Waals surface area contributed by atoms with Crippen LogP contribution in [0, 0.1) is 11.3 Å². The van der Waals surface area contributed by atoms with Crippen LogP contribution in [0.1, 0.15) is 6.42 Å². The first-order valence-corrected chi connectivity index (χ1v) is 5.43. The lowest BCUT2D eigenvalue weighted by atomic mass is 10.4. The second kappa shape index (κ2) is 5.39. The van der Waals surface area contributed by atoms with Crippen LogP contribution in [-0.2, 0) is 0 Å². The molecule has 0 heterocycles. The van der Waals surface area contributed by atoms with E-state index in [4.69, 9.17) is 28.5 Å². The van der Waals surface area contributed by atoms with E-state index in [0.717, 1.165) is 10.6 Å². The van der Waals surface area contributed by atoms with E-state index in [-0.39, 0.29) is 0 Å². The summed E-state index contributed by atoms with van der Waals surface area (Å²) in [7, 11) is 0. The number of nitriles is 1. The van der Waals surface area contributed by atoms with Gasteiger partial charge in [0, 0.05) is 22.1 Å². The molecule has 1 nitrogen and oxygen atoms in total. The van der Waals surface area contributed by atoms with E-state index in [9.17, 15) is 0 Å². The normalized spacial score (nSPS) is 9.62. The van der Waals surface area contributed by atoms with E-state index in [1.54, 1.807) is 23.9 Å². The number of halogens is 2. The van der Waals surface area contributed by atoms with Gasteiger partial charge in [0.2, 0.25) is 0 Å². The quantitative estimate of drug-likeness (QED) is 0.580. The van der Waals surface area contributed by atoms with Crippen LogP contribution in [0.3, 0.4) is 0 Å². The summed E-state index contributed by atoms with van der Waals surface area (Å²) in [6.45, 7) is 0. The molecule has 0 radical (unpaired) electrons. The van der Waals surface area contributed by atoms with Crippen molar-refractivity contribution in [3.05, 3.63) is 28.2 Å². The van der Waals surface area contributed by atoms with E-state index >= 15 is 0 Å². The minimum Gasteiger partial charge on any atom is -0.198 e. The first-order valence-electron chi connectivity index (χ1n) is 3.69. The molecule has 13 heavy (non-hydrogen) atoms. The maximum Gasteiger partial charge on any atom is 0.0630 e. The van der Waals surface area contributed by atoms with E-state index in [1.165, 1.54) is 0 Å². The average Bonchev–Trinajstić information content (AvgIpc) is 2.09. The highest BCUT2D eigenvalue weighted by atomic mass is 35.5. The summed E-state index contributed by atoms with van der Waals surface area (Å²) in [5.41, 5.74) is 0. The molecular weight excluding hydrogens is 225 g/mol. The Labute approximate surface area is 91.6 Å². The molecule has 1 aromatic rings. The molecule has 4 heteroatoms. The Morgan fingerprint density at radius 1 is 1.38 bits per heavy atom. The molecule has 0 spiro atoms. The lowest BCUT2D eigenvalue weighted by Gasteiger charge is -2.01. The fourth-order valence-electron chi connectivity index (χ4n) is 0.799. The zero-order valence-electron chi connectivity index (χ0n) is 6.76. The first kappa shape index (κ1) is 10.7. The Morgan fingerprint density at radius 2 is 2.15 bits per heavy atom. The van der Waals surface area contributed by atoms with Crippen molar-refractivity contribution < 1.29 is 0 Å². The Kier molecular flexibility index (Phi) is 4.44. The van der Waals surface area contributed by atoms with Crippen molar-refractivity contribution in [1.29, 1.82) is 5.26 Å². The number of thioether (sulfide) groups is 1. The van der Waals surface area contributed by atoms with Crippen molar-refractivity contribution in [3.8, 4) is 6.07 Å². The molecular formula is C9H7Cl2NS. The van der Waals surface area contributed by atoms with Gasteiger partial charge in [-0.05, 0) is 18.2 Å². The molecule has 0 atom stereocenters. The largest absolute Gasteiger partial charge is 0.198 e. The van der Waals surface area contributed by atoms with E-state index < -0.39 is 0 Å². The molecule has 0 N–H and O–H groups in total. The average molecular weight is 232 g/mol.